The van der Waals surface area contributed by atoms with Gasteiger partial charge in [0.25, 0.3) is 5.91 Å². The number of esters is 1. The fourth-order valence-corrected chi connectivity index (χ4v) is 2.59. The zero-order valence-electron chi connectivity index (χ0n) is 15.5. The predicted octanol–water partition coefficient (Wildman–Crippen LogP) is 1.43. The molecule has 0 spiro atoms. The number of piperazine rings is 1. The minimum absolute atomic E-state index is 0.160. The average Bonchev–Trinajstić information content (AvgIpc) is 2.62. The molecule has 2 atom stereocenters. The van der Waals surface area contributed by atoms with Crippen molar-refractivity contribution in [3.63, 3.8) is 0 Å². The van der Waals surface area contributed by atoms with Crippen LogP contribution in [-0.4, -0.2) is 54.5 Å². The Labute approximate surface area is 153 Å². The fraction of sp³-hybridized carbons (Fsp3) is 0.526. The second-order valence-electron chi connectivity index (χ2n) is 6.41. The number of hydrogen-bond acceptors (Lipinski definition) is 5. The number of amides is 2. The maximum atomic E-state index is 12.5. The average molecular weight is 362 g/mol. The van der Waals surface area contributed by atoms with Gasteiger partial charge in [0.1, 0.15) is 11.8 Å². The zero-order valence-corrected chi connectivity index (χ0v) is 15.5. The molecule has 1 aliphatic heterocycles. The smallest absolute Gasteiger partial charge is 0.308 e. The van der Waals surface area contributed by atoms with Crippen LogP contribution in [0.2, 0.25) is 0 Å². The Morgan fingerprint density at radius 1 is 1.31 bits per heavy atom. The highest BCUT2D eigenvalue weighted by molar-refractivity contribution is 5.92. The summed E-state index contributed by atoms with van der Waals surface area (Å²) in [6.07, 6.45) is 0.311. The van der Waals surface area contributed by atoms with E-state index in [1.807, 2.05) is 26.0 Å². The number of carbonyl (C=O) groups is 3. The molecule has 0 bridgehead atoms. The SMILES string of the molecule is CCC(C)OC(=O)CC1C(=O)NCCN1C(=O)COc1ccc(C)cc1. The molecule has 0 saturated carbocycles. The molecule has 0 aromatic heterocycles. The predicted molar refractivity (Wildman–Crippen MR) is 95.6 cm³/mol. The molecule has 1 N–H and O–H groups in total. The molecule has 7 heteroatoms. The molecule has 1 heterocycles. The van der Waals surface area contributed by atoms with Crippen LogP contribution in [0.1, 0.15) is 32.3 Å². The van der Waals surface area contributed by atoms with E-state index < -0.39 is 12.0 Å². The van der Waals surface area contributed by atoms with Crippen LogP contribution in [-0.2, 0) is 19.1 Å². The lowest BCUT2D eigenvalue weighted by molar-refractivity contribution is -0.155. The molecule has 1 aliphatic rings. The lowest BCUT2D eigenvalue weighted by Crippen LogP contribution is -2.58. The van der Waals surface area contributed by atoms with E-state index in [9.17, 15) is 14.4 Å². The van der Waals surface area contributed by atoms with Gasteiger partial charge in [0.15, 0.2) is 6.61 Å². The van der Waals surface area contributed by atoms with Crippen molar-refractivity contribution in [3.8, 4) is 5.75 Å². The Bertz CT molecular complexity index is 644. The minimum Gasteiger partial charge on any atom is -0.484 e. The number of benzene rings is 1. The van der Waals surface area contributed by atoms with Gasteiger partial charge in [-0.05, 0) is 32.4 Å². The van der Waals surface area contributed by atoms with E-state index >= 15 is 0 Å². The van der Waals surface area contributed by atoms with Crippen LogP contribution in [0.4, 0.5) is 0 Å². The molecule has 2 rings (SSSR count). The fourth-order valence-electron chi connectivity index (χ4n) is 2.59. The number of carbonyl (C=O) groups excluding carboxylic acids is 3. The molecule has 26 heavy (non-hydrogen) atoms. The lowest BCUT2D eigenvalue weighted by atomic mass is 10.1. The number of aryl methyl sites for hydroxylation is 1. The van der Waals surface area contributed by atoms with Gasteiger partial charge in [-0.15, -0.1) is 0 Å². The van der Waals surface area contributed by atoms with E-state index in [1.165, 1.54) is 4.90 Å². The Morgan fingerprint density at radius 3 is 2.65 bits per heavy atom. The number of nitrogens with zero attached hydrogens (tertiary/aromatic N) is 1. The molecule has 0 aliphatic carbocycles. The van der Waals surface area contributed by atoms with Gasteiger partial charge >= 0.3 is 5.97 Å². The van der Waals surface area contributed by atoms with E-state index in [0.29, 0.717) is 25.3 Å². The number of hydrogen-bond donors (Lipinski definition) is 1. The van der Waals surface area contributed by atoms with Gasteiger partial charge in [0.2, 0.25) is 5.91 Å². The highest BCUT2D eigenvalue weighted by Gasteiger charge is 2.35. The summed E-state index contributed by atoms with van der Waals surface area (Å²) in [6.45, 7) is 6.16. The van der Waals surface area contributed by atoms with Crippen molar-refractivity contribution in [2.24, 2.45) is 0 Å². The molecule has 142 valence electrons. The van der Waals surface area contributed by atoms with Crippen molar-refractivity contribution >= 4 is 17.8 Å². The molecular weight excluding hydrogens is 336 g/mol. The van der Waals surface area contributed by atoms with Gasteiger partial charge in [-0.25, -0.2) is 0 Å². The largest absolute Gasteiger partial charge is 0.484 e. The summed E-state index contributed by atoms with van der Waals surface area (Å²) in [6, 6.07) is 6.48. The van der Waals surface area contributed by atoms with Crippen LogP contribution < -0.4 is 10.1 Å². The van der Waals surface area contributed by atoms with Gasteiger partial charge in [-0.2, -0.15) is 0 Å². The zero-order chi connectivity index (χ0) is 19.1. The number of rotatable bonds is 7. The third kappa shape index (κ3) is 5.47. The third-order valence-corrected chi connectivity index (χ3v) is 4.30. The molecular formula is C19H26N2O5. The molecule has 2 unspecified atom stereocenters. The highest BCUT2D eigenvalue weighted by Crippen LogP contribution is 2.14. The molecule has 1 saturated heterocycles. The van der Waals surface area contributed by atoms with E-state index in [2.05, 4.69) is 5.32 Å². The van der Waals surface area contributed by atoms with Gasteiger partial charge in [-0.1, -0.05) is 24.6 Å². The molecule has 2 amide bonds. The van der Waals surface area contributed by atoms with Crippen molar-refractivity contribution in [3.05, 3.63) is 29.8 Å². The summed E-state index contributed by atoms with van der Waals surface area (Å²) < 4.78 is 10.7. The standard InChI is InChI=1S/C19H26N2O5/c1-4-14(3)26-18(23)11-16-19(24)20-9-10-21(16)17(22)12-25-15-7-5-13(2)6-8-15/h5-8,14,16H,4,9-12H2,1-3H3,(H,20,24). The Morgan fingerprint density at radius 2 is 2.00 bits per heavy atom. The normalized spacial score (nSPS) is 18.0. The maximum absolute atomic E-state index is 12.5. The van der Waals surface area contributed by atoms with Crippen molar-refractivity contribution in [2.45, 2.75) is 45.8 Å². The van der Waals surface area contributed by atoms with E-state index in [0.717, 1.165) is 5.56 Å². The summed E-state index contributed by atoms with van der Waals surface area (Å²) >= 11 is 0. The van der Waals surface area contributed by atoms with Crippen LogP contribution in [0.5, 0.6) is 5.75 Å². The van der Waals surface area contributed by atoms with Gasteiger partial charge < -0.3 is 19.7 Å². The first-order chi connectivity index (χ1) is 12.4. The van der Waals surface area contributed by atoms with Crippen LogP contribution in [0.3, 0.4) is 0 Å². The quantitative estimate of drug-likeness (QED) is 0.742. The first kappa shape index (κ1) is 19.8. The van der Waals surface area contributed by atoms with Crippen LogP contribution in [0, 0.1) is 6.92 Å². The molecule has 1 aromatic rings. The molecule has 1 aromatic carbocycles. The summed E-state index contributed by atoms with van der Waals surface area (Å²) in [5, 5.41) is 2.69. The topological polar surface area (TPSA) is 84.9 Å². The van der Waals surface area contributed by atoms with Gasteiger partial charge in [0, 0.05) is 13.1 Å². The van der Waals surface area contributed by atoms with E-state index in [-0.39, 0.29) is 30.9 Å². The summed E-state index contributed by atoms with van der Waals surface area (Å²) in [4.78, 5) is 38.1. The monoisotopic (exact) mass is 362 g/mol. The van der Waals surface area contributed by atoms with Gasteiger partial charge in [0.05, 0.1) is 12.5 Å². The second kappa shape index (κ2) is 9.22. The highest BCUT2D eigenvalue weighted by atomic mass is 16.5. The molecule has 0 radical (unpaired) electrons. The van der Waals surface area contributed by atoms with Crippen LogP contribution in [0.15, 0.2) is 24.3 Å². The number of nitrogens with one attached hydrogen (secondary N) is 1. The summed E-state index contributed by atoms with van der Waals surface area (Å²) in [5.41, 5.74) is 1.09. The molecule has 7 nitrogen and oxygen atoms in total. The van der Waals surface area contributed by atoms with Crippen LogP contribution in [0.25, 0.3) is 0 Å². The Balaban J connectivity index is 1.96. The maximum Gasteiger partial charge on any atom is 0.308 e. The van der Waals surface area contributed by atoms with Crippen molar-refractivity contribution in [1.29, 1.82) is 0 Å². The van der Waals surface area contributed by atoms with Crippen molar-refractivity contribution < 1.29 is 23.9 Å². The Kier molecular flexibility index (Phi) is 7.00. The summed E-state index contributed by atoms with van der Waals surface area (Å²) in [5.74, 6) is -0.584. The van der Waals surface area contributed by atoms with E-state index in [1.54, 1.807) is 19.1 Å². The van der Waals surface area contributed by atoms with Crippen molar-refractivity contribution in [2.75, 3.05) is 19.7 Å². The van der Waals surface area contributed by atoms with Crippen LogP contribution >= 0.6 is 0 Å². The summed E-state index contributed by atoms with van der Waals surface area (Å²) in [7, 11) is 0. The number of ether oxygens (including phenoxy) is 2. The van der Waals surface area contributed by atoms with Gasteiger partial charge in [-0.3, -0.25) is 14.4 Å². The van der Waals surface area contributed by atoms with Crippen molar-refractivity contribution in [1.82, 2.24) is 10.2 Å². The lowest BCUT2D eigenvalue weighted by Gasteiger charge is -2.34. The third-order valence-electron chi connectivity index (χ3n) is 4.30. The first-order valence-electron chi connectivity index (χ1n) is 8.86. The minimum atomic E-state index is -0.866. The van der Waals surface area contributed by atoms with E-state index in [4.69, 9.17) is 9.47 Å². The molecule has 1 fully saturated rings. The Hall–Kier alpha value is -2.57. The second-order valence-corrected chi connectivity index (χ2v) is 6.41. The first-order valence-corrected chi connectivity index (χ1v) is 8.86.